The van der Waals surface area contributed by atoms with E-state index in [-0.39, 0.29) is 85.2 Å². The van der Waals surface area contributed by atoms with Gasteiger partial charge >= 0.3 is 59.1 Å². The summed E-state index contributed by atoms with van der Waals surface area (Å²) in [6.07, 6.45) is 0. The number of benzene rings is 2. The first kappa shape index (κ1) is 25.2. The summed E-state index contributed by atoms with van der Waals surface area (Å²) in [5.41, 5.74) is -1.66. The van der Waals surface area contributed by atoms with E-state index < -0.39 is 48.3 Å². The van der Waals surface area contributed by atoms with Crippen LogP contribution in [0.15, 0.2) is 52.4 Å². The van der Waals surface area contributed by atoms with E-state index in [0.717, 1.165) is 18.2 Å². The Hall–Kier alpha value is -1.06. The zero-order valence-corrected chi connectivity index (χ0v) is 21.2. The summed E-state index contributed by atoms with van der Waals surface area (Å²) in [6, 6.07) is 8.40. The fourth-order valence-electron chi connectivity index (χ4n) is 3.05. The molecule has 10 nitrogen and oxygen atoms in total. The average molecular weight is 466 g/mol. The molecule has 0 saturated heterocycles. The molecule has 0 radical (unpaired) electrons. The van der Waals surface area contributed by atoms with E-state index in [1.165, 1.54) is 24.3 Å². The minimum Gasteiger partial charge on any atom is -0.744 e. The van der Waals surface area contributed by atoms with Crippen LogP contribution in [-0.2, 0) is 20.4 Å². The van der Waals surface area contributed by atoms with E-state index in [1.807, 2.05) is 0 Å². The zero-order chi connectivity index (χ0) is 20.4. The van der Waals surface area contributed by atoms with Gasteiger partial charge < -0.3 is 14.2 Å². The molecule has 144 valence electrons. The van der Waals surface area contributed by atoms with Crippen molar-refractivity contribution in [1.29, 1.82) is 0 Å². The molecule has 0 unspecified atom stereocenters. The van der Waals surface area contributed by atoms with Gasteiger partial charge in [0.15, 0.2) is 16.1 Å². The van der Waals surface area contributed by atoms with Gasteiger partial charge in [-0.15, -0.1) is 0 Å². The summed E-state index contributed by atoms with van der Waals surface area (Å²) in [5, 5.41) is 10.5. The number of hydrogen-bond donors (Lipinski definition) is 1. The van der Waals surface area contributed by atoms with Crippen LogP contribution < -0.4 is 59.1 Å². The molecule has 2 aromatic carbocycles. The maximum absolute atomic E-state index is 12.7. The minimum absolute atomic E-state index is 0. The van der Waals surface area contributed by atoms with Crippen LogP contribution in [0.5, 0.6) is 5.75 Å². The van der Waals surface area contributed by atoms with E-state index in [2.05, 4.69) is 4.99 Å². The second kappa shape index (κ2) is 8.47. The first-order valence-electron chi connectivity index (χ1n) is 7.52. The van der Waals surface area contributed by atoms with Gasteiger partial charge in [-0.3, -0.25) is 4.79 Å². The fourth-order valence-corrected chi connectivity index (χ4v) is 4.34. The van der Waals surface area contributed by atoms with Crippen molar-refractivity contribution in [3.05, 3.63) is 53.7 Å². The Labute approximate surface area is 214 Å². The SMILES string of the molecule is O=C1C(c2c(O)c3ccccc3n2S(=O)(=O)[O-])=Nc2ccc(S(=O)(=O)[O-])cc21.[Na+].[Na+]. The summed E-state index contributed by atoms with van der Waals surface area (Å²) in [5.74, 6) is -1.59. The molecule has 4 rings (SSSR count). The zero-order valence-electron chi connectivity index (χ0n) is 15.6. The van der Waals surface area contributed by atoms with Crippen molar-refractivity contribution in [2.24, 2.45) is 4.99 Å². The second-order valence-corrected chi connectivity index (χ2v) is 8.46. The summed E-state index contributed by atoms with van der Waals surface area (Å²) in [7, 11) is -10.0. The molecule has 30 heavy (non-hydrogen) atoms. The molecule has 1 N–H and O–H groups in total. The van der Waals surface area contributed by atoms with Gasteiger partial charge in [-0.05, 0) is 30.3 Å². The van der Waals surface area contributed by atoms with Crippen LogP contribution in [-0.4, -0.2) is 46.5 Å². The van der Waals surface area contributed by atoms with Crippen LogP contribution >= 0.6 is 0 Å². The number of nitrogens with zero attached hydrogens (tertiary/aromatic N) is 2. The standard InChI is InChI=1S/C16H10N2O8S2.2Na/c19-15-10-7-8(27(21,22)23)5-6-11(10)17-13(15)14-16(20)9-3-1-2-4-12(9)18(14)28(24,25)26;;/h1-7,20H,(H,21,22,23)(H,24,25,26);;/q;2*+1/p-2. The van der Waals surface area contributed by atoms with Crippen LogP contribution in [0, 0.1) is 0 Å². The number of aromatic nitrogens is 1. The van der Waals surface area contributed by atoms with Crippen molar-refractivity contribution in [2.45, 2.75) is 4.90 Å². The Balaban J connectivity index is 0.00000160. The quantitative estimate of drug-likeness (QED) is 0.295. The third-order valence-electron chi connectivity index (χ3n) is 4.20. The molecule has 1 aliphatic rings. The van der Waals surface area contributed by atoms with Crippen molar-refractivity contribution < 1.29 is 95.0 Å². The molecule has 3 aromatic rings. The molecule has 2 heterocycles. The molecule has 0 atom stereocenters. The normalized spacial score (nSPS) is 13.4. The first-order chi connectivity index (χ1) is 13.0. The van der Waals surface area contributed by atoms with Crippen LogP contribution in [0.25, 0.3) is 10.9 Å². The van der Waals surface area contributed by atoms with E-state index in [4.69, 9.17) is 0 Å². The number of ketones is 1. The van der Waals surface area contributed by atoms with Gasteiger partial charge in [-0.2, -0.15) is 0 Å². The monoisotopic (exact) mass is 466 g/mol. The summed E-state index contributed by atoms with van der Waals surface area (Å²) in [4.78, 5) is 16.0. The van der Waals surface area contributed by atoms with Gasteiger partial charge in [-0.1, -0.05) is 12.1 Å². The van der Waals surface area contributed by atoms with Crippen molar-refractivity contribution >= 4 is 48.5 Å². The number of carbonyl (C=O) groups is 1. The number of para-hydroxylation sites is 1. The van der Waals surface area contributed by atoms with Crippen LogP contribution in [0.1, 0.15) is 16.1 Å². The molecule has 1 aromatic heterocycles. The number of fused-ring (bicyclic) bond motifs is 2. The summed E-state index contributed by atoms with van der Waals surface area (Å²) >= 11 is 0. The van der Waals surface area contributed by atoms with Crippen molar-refractivity contribution in [3.8, 4) is 5.75 Å². The molecule has 0 spiro atoms. The minimum atomic E-state index is -5.19. The second-order valence-electron chi connectivity index (χ2n) is 5.86. The maximum Gasteiger partial charge on any atom is 1.00 e. The Kier molecular flexibility index (Phi) is 7.11. The van der Waals surface area contributed by atoms with Crippen molar-refractivity contribution in [1.82, 2.24) is 3.97 Å². The largest absolute Gasteiger partial charge is 1.00 e. The smallest absolute Gasteiger partial charge is 0.744 e. The summed E-state index contributed by atoms with van der Waals surface area (Å²) in [6.45, 7) is 0. The molecule has 0 saturated carbocycles. The molecule has 0 fully saturated rings. The topological polar surface area (TPSA) is 169 Å². The van der Waals surface area contributed by atoms with Crippen LogP contribution in [0.2, 0.25) is 0 Å². The Morgan fingerprint density at radius 2 is 1.60 bits per heavy atom. The van der Waals surface area contributed by atoms with Gasteiger partial charge in [0.05, 0.1) is 21.7 Å². The molecular formula is C16H8N2Na2O8S2. The Bertz CT molecular complexity index is 1440. The van der Waals surface area contributed by atoms with Crippen molar-refractivity contribution in [3.63, 3.8) is 0 Å². The predicted molar refractivity (Wildman–Crippen MR) is 93.6 cm³/mol. The molecular weight excluding hydrogens is 458 g/mol. The Morgan fingerprint density at radius 1 is 0.967 bits per heavy atom. The van der Waals surface area contributed by atoms with Gasteiger partial charge in [0.25, 0.3) is 0 Å². The van der Waals surface area contributed by atoms with Gasteiger partial charge in [0.2, 0.25) is 5.78 Å². The number of aliphatic imine (C=N–C) groups is 1. The number of Topliss-reactive ketones (excluding diaryl/α,β-unsaturated/α-hetero) is 1. The third-order valence-corrected chi connectivity index (χ3v) is 5.86. The van der Waals surface area contributed by atoms with E-state index >= 15 is 0 Å². The summed E-state index contributed by atoms with van der Waals surface area (Å²) < 4.78 is 69.2. The maximum atomic E-state index is 12.7. The average Bonchev–Trinajstić information content (AvgIpc) is 3.09. The fraction of sp³-hybridized carbons (Fsp3) is 0. The van der Waals surface area contributed by atoms with Crippen LogP contribution in [0.3, 0.4) is 0 Å². The van der Waals surface area contributed by atoms with E-state index in [1.54, 1.807) is 0 Å². The van der Waals surface area contributed by atoms with E-state index in [9.17, 15) is 35.8 Å². The van der Waals surface area contributed by atoms with Gasteiger partial charge in [0, 0.05) is 5.39 Å². The molecule has 0 bridgehead atoms. The molecule has 1 aliphatic heterocycles. The number of aromatic hydroxyl groups is 1. The third kappa shape index (κ3) is 4.05. The number of hydrogen-bond acceptors (Lipinski definition) is 9. The predicted octanol–water partition coefficient (Wildman–Crippen LogP) is -5.12. The van der Waals surface area contributed by atoms with Crippen LogP contribution in [0.4, 0.5) is 5.69 Å². The molecule has 0 aliphatic carbocycles. The van der Waals surface area contributed by atoms with Gasteiger partial charge in [0.1, 0.15) is 21.5 Å². The molecule has 14 heteroatoms. The first-order valence-corrected chi connectivity index (χ1v) is 10.3. The number of carbonyl (C=O) groups excluding carboxylic acids is 1. The molecule has 0 amide bonds. The van der Waals surface area contributed by atoms with Crippen molar-refractivity contribution in [2.75, 3.05) is 0 Å². The van der Waals surface area contributed by atoms with E-state index in [0.29, 0.717) is 0 Å². The number of rotatable bonds is 3. The van der Waals surface area contributed by atoms with Gasteiger partial charge in [-0.25, -0.2) is 25.8 Å². The Morgan fingerprint density at radius 3 is 2.20 bits per heavy atom.